The normalized spacial score (nSPS) is 11.3. The standard InChI is InChI=1S/C19H16N4O2S2/c1-3-8-22-18(25)14-7-9-26-17(14)21-19(22)27-11-13-10-16(24)23-12(2)5-4-6-15(23)20-13/h3-7,9-10H,1,8,11H2,2H3. The lowest BCUT2D eigenvalue weighted by molar-refractivity contribution is 0.672. The van der Waals surface area contributed by atoms with Crippen molar-refractivity contribution in [2.45, 2.75) is 24.4 Å². The van der Waals surface area contributed by atoms with Crippen LogP contribution < -0.4 is 11.1 Å². The molecule has 0 atom stereocenters. The van der Waals surface area contributed by atoms with Gasteiger partial charge in [-0.2, -0.15) is 0 Å². The smallest absolute Gasteiger partial charge is 0.263 e. The van der Waals surface area contributed by atoms with Crippen LogP contribution in [0, 0.1) is 6.92 Å². The molecule has 0 saturated heterocycles. The fourth-order valence-corrected chi connectivity index (χ4v) is 4.61. The van der Waals surface area contributed by atoms with E-state index in [1.54, 1.807) is 21.1 Å². The Labute approximate surface area is 162 Å². The number of thioether (sulfide) groups is 1. The Bertz CT molecular complexity index is 1290. The Kier molecular flexibility index (Phi) is 4.67. The molecule has 4 aromatic heterocycles. The van der Waals surface area contributed by atoms with Gasteiger partial charge in [0.25, 0.3) is 11.1 Å². The third-order valence-electron chi connectivity index (χ3n) is 4.14. The summed E-state index contributed by atoms with van der Waals surface area (Å²) in [5, 5.41) is 3.07. The van der Waals surface area contributed by atoms with E-state index in [0.717, 1.165) is 5.69 Å². The average molecular weight is 396 g/mol. The van der Waals surface area contributed by atoms with Gasteiger partial charge in [-0.3, -0.25) is 18.6 Å². The lowest BCUT2D eigenvalue weighted by atomic mass is 10.3. The molecule has 0 bridgehead atoms. The molecule has 0 aliphatic rings. The molecule has 4 rings (SSSR count). The van der Waals surface area contributed by atoms with Gasteiger partial charge in [-0.25, -0.2) is 9.97 Å². The summed E-state index contributed by atoms with van der Waals surface area (Å²) in [6.07, 6.45) is 1.68. The highest BCUT2D eigenvalue weighted by Gasteiger charge is 2.13. The third kappa shape index (κ3) is 3.22. The van der Waals surface area contributed by atoms with Gasteiger partial charge in [0.15, 0.2) is 5.16 Å². The summed E-state index contributed by atoms with van der Waals surface area (Å²) in [6.45, 7) is 5.98. The van der Waals surface area contributed by atoms with Crippen LogP contribution in [-0.4, -0.2) is 18.9 Å². The number of rotatable bonds is 5. The van der Waals surface area contributed by atoms with Gasteiger partial charge >= 0.3 is 0 Å². The van der Waals surface area contributed by atoms with Gasteiger partial charge in [0.2, 0.25) is 0 Å². The quantitative estimate of drug-likeness (QED) is 0.294. The van der Waals surface area contributed by atoms with Crippen molar-refractivity contribution in [1.82, 2.24) is 18.9 Å². The number of nitrogens with zero attached hydrogens (tertiary/aromatic N) is 4. The molecule has 0 aromatic carbocycles. The number of thiophene rings is 1. The number of aromatic nitrogens is 4. The molecular weight excluding hydrogens is 380 g/mol. The highest BCUT2D eigenvalue weighted by molar-refractivity contribution is 7.98. The van der Waals surface area contributed by atoms with E-state index in [0.29, 0.717) is 39.0 Å². The van der Waals surface area contributed by atoms with Crippen LogP contribution in [0.3, 0.4) is 0 Å². The predicted octanol–water partition coefficient (Wildman–Crippen LogP) is 3.25. The molecule has 0 fully saturated rings. The number of pyridine rings is 1. The van der Waals surface area contributed by atoms with Gasteiger partial charge in [-0.15, -0.1) is 17.9 Å². The maximum atomic E-state index is 12.7. The molecule has 0 aliphatic heterocycles. The number of hydrogen-bond acceptors (Lipinski definition) is 6. The van der Waals surface area contributed by atoms with Crippen LogP contribution >= 0.6 is 23.1 Å². The molecule has 136 valence electrons. The van der Waals surface area contributed by atoms with Gasteiger partial charge in [0.05, 0.1) is 11.1 Å². The lowest BCUT2D eigenvalue weighted by Gasteiger charge is -2.10. The van der Waals surface area contributed by atoms with E-state index in [2.05, 4.69) is 16.5 Å². The first kappa shape index (κ1) is 17.7. The molecule has 0 aliphatic carbocycles. The molecule has 4 aromatic rings. The van der Waals surface area contributed by atoms with Crippen molar-refractivity contribution in [2.24, 2.45) is 0 Å². The maximum absolute atomic E-state index is 12.7. The summed E-state index contributed by atoms with van der Waals surface area (Å²) >= 11 is 2.83. The molecule has 0 spiro atoms. The van der Waals surface area contributed by atoms with Gasteiger partial charge in [0, 0.05) is 24.1 Å². The van der Waals surface area contributed by atoms with E-state index in [1.807, 2.05) is 30.5 Å². The van der Waals surface area contributed by atoms with Gasteiger partial charge in [-0.05, 0) is 30.5 Å². The molecule has 0 radical (unpaired) electrons. The van der Waals surface area contributed by atoms with Crippen molar-refractivity contribution in [3.8, 4) is 0 Å². The van der Waals surface area contributed by atoms with E-state index >= 15 is 0 Å². The highest BCUT2D eigenvalue weighted by Crippen LogP contribution is 2.23. The summed E-state index contributed by atoms with van der Waals surface area (Å²) in [7, 11) is 0. The van der Waals surface area contributed by atoms with E-state index in [-0.39, 0.29) is 11.1 Å². The van der Waals surface area contributed by atoms with Crippen molar-refractivity contribution in [2.75, 3.05) is 0 Å². The first-order chi connectivity index (χ1) is 13.1. The molecule has 27 heavy (non-hydrogen) atoms. The number of fused-ring (bicyclic) bond motifs is 2. The predicted molar refractivity (Wildman–Crippen MR) is 110 cm³/mol. The Morgan fingerprint density at radius 3 is 2.93 bits per heavy atom. The van der Waals surface area contributed by atoms with Crippen LogP contribution in [0.5, 0.6) is 0 Å². The summed E-state index contributed by atoms with van der Waals surface area (Å²) in [5.41, 5.74) is 1.92. The Balaban J connectivity index is 1.72. The van der Waals surface area contributed by atoms with E-state index in [9.17, 15) is 9.59 Å². The Morgan fingerprint density at radius 1 is 1.26 bits per heavy atom. The number of aryl methyl sites for hydroxylation is 1. The van der Waals surface area contributed by atoms with E-state index < -0.39 is 0 Å². The molecule has 0 amide bonds. The molecule has 8 heteroatoms. The summed E-state index contributed by atoms with van der Waals surface area (Å²) in [5.74, 6) is 0.445. The van der Waals surface area contributed by atoms with E-state index in [4.69, 9.17) is 0 Å². The van der Waals surface area contributed by atoms with Crippen LogP contribution in [0.2, 0.25) is 0 Å². The van der Waals surface area contributed by atoms with Crippen LogP contribution in [0.25, 0.3) is 15.9 Å². The minimum absolute atomic E-state index is 0.0779. The van der Waals surface area contributed by atoms with Gasteiger partial charge in [0.1, 0.15) is 10.5 Å². The number of allylic oxidation sites excluding steroid dienone is 1. The third-order valence-corrected chi connectivity index (χ3v) is 5.96. The van der Waals surface area contributed by atoms with Crippen molar-refractivity contribution in [3.63, 3.8) is 0 Å². The summed E-state index contributed by atoms with van der Waals surface area (Å²) in [6, 6.07) is 8.89. The lowest BCUT2D eigenvalue weighted by Crippen LogP contribution is -2.22. The zero-order chi connectivity index (χ0) is 19.0. The second-order valence-corrected chi connectivity index (χ2v) is 7.81. The second kappa shape index (κ2) is 7.13. The molecule has 0 unspecified atom stereocenters. The second-order valence-electron chi connectivity index (χ2n) is 5.97. The topological polar surface area (TPSA) is 69.3 Å². The maximum Gasteiger partial charge on any atom is 0.263 e. The minimum atomic E-state index is -0.112. The summed E-state index contributed by atoms with van der Waals surface area (Å²) < 4.78 is 3.18. The van der Waals surface area contributed by atoms with Crippen LogP contribution in [0.15, 0.2) is 63.1 Å². The first-order valence-electron chi connectivity index (χ1n) is 8.28. The number of hydrogen-bond donors (Lipinski definition) is 0. The molecular formula is C19H16N4O2S2. The minimum Gasteiger partial charge on any atom is -0.283 e. The van der Waals surface area contributed by atoms with Gasteiger partial charge in [-0.1, -0.05) is 23.9 Å². The van der Waals surface area contributed by atoms with Crippen molar-refractivity contribution < 1.29 is 0 Å². The SMILES string of the molecule is C=CCn1c(SCc2cc(=O)n3c(C)cccc3n2)nc2sccc2c1=O. The summed E-state index contributed by atoms with van der Waals surface area (Å²) in [4.78, 5) is 35.0. The fraction of sp³-hybridized carbons (Fsp3) is 0.158. The Morgan fingerprint density at radius 2 is 2.11 bits per heavy atom. The fourth-order valence-electron chi connectivity index (χ4n) is 2.91. The largest absolute Gasteiger partial charge is 0.283 e. The van der Waals surface area contributed by atoms with Gasteiger partial charge < -0.3 is 0 Å². The molecule has 0 saturated carbocycles. The van der Waals surface area contributed by atoms with E-state index in [1.165, 1.54) is 29.2 Å². The van der Waals surface area contributed by atoms with Crippen molar-refractivity contribution in [1.29, 1.82) is 0 Å². The van der Waals surface area contributed by atoms with Crippen LogP contribution in [0.1, 0.15) is 11.4 Å². The Hall–Kier alpha value is -2.71. The monoisotopic (exact) mass is 396 g/mol. The zero-order valence-electron chi connectivity index (χ0n) is 14.6. The van der Waals surface area contributed by atoms with Crippen molar-refractivity contribution in [3.05, 3.63) is 80.5 Å². The molecule has 4 heterocycles. The zero-order valence-corrected chi connectivity index (χ0v) is 16.2. The molecule has 6 nitrogen and oxygen atoms in total. The van der Waals surface area contributed by atoms with Crippen LogP contribution in [-0.2, 0) is 12.3 Å². The first-order valence-corrected chi connectivity index (χ1v) is 10.1. The van der Waals surface area contributed by atoms with Crippen LogP contribution in [0.4, 0.5) is 0 Å². The van der Waals surface area contributed by atoms with Crippen molar-refractivity contribution >= 4 is 39.0 Å². The molecule has 0 N–H and O–H groups in total. The highest BCUT2D eigenvalue weighted by atomic mass is 32.2. The average Bonchev–Trinajstić information content (AvgIpc) is 3.11.